The molecule has 0 N–H and O–H groups in total. The molecule has 3 fully saturated rings. The zero-order chi connectivity index (χ0) is 16.2. The van der Waals surface area contributed by atoms with Gasteiger partial charge in [-0.05, 0) is 82.0 Å². The Balaban J connectivity index is 0.000000307. The molecule has 0 spiro atoms. The van der Waals surface area contributed by atoms with E-state index in [9.17, 15) is 25.2 Å². The Morgan fingerprint density at radius 1 is 0.909 bits per heavy atom. The van der Waals surface area contributed by atoms with Gasteiger partial charge in [0.2, 0.25) is 0 Å². The molecule has 3 aliphatic carbocycles. The maximum absolute atomic E-state index is 10.7. The summed E-state index contributed by atoms with van der Waals surface area (Å²) in [5.74, 6) is 3.10. The van der Waals surface area contributed by atoms with Crippen molar-refractivity contribution in [2.45, 2.75) is 13.3 Å². The van der Waals surface area contributed by atoms with Gasteiger partial charge in [-0.1, -0.05) is 6.92 Å². The van der Waals surface area contributed by atoms with E-state index in [1.54, 1.807) is 5.92 Å². The molecule has 2 bridgehead atoms. The molecule has 0 aliphatic heterocycles. The molecule has 2 atom stereocenters. The monoisotopic (exact) mass is 432 g/mol. The van der Waals surface area contributed by atoms with Gasteiger partial charge in [0.25, 0.3) is 0 Å². The van der Waals surface area contributed by atoms with E-state index in [0.717, 1.165) is 11.8 Å². The molecule has 22 heavy (non-hydrogen) atoms. The Morgan fingerprint density at radius 3 is 1.50 bits per heavy atom. The molecule has 11 radical (unpaired) electrons. The molecule has 3 saturated carbocycles. The normalized spacial score (nSPS) is 30.1. The SMILES string of the molecule is C[CH][C]1[CH]C2[CH][CH]C1C2.F[P-](F)(F)(F)(F)F.[CH]1[CH][CH][CH][CH]1.[Rh]. The van der Waals surface area contributed by atoms with Gasteiger partial charge < -0.3 is 0 Å². The summed E-state index contributed by atoms with van der Waals surface area (Å²) in [4.78, 5) is 0. The molecule has 129 valence electrons. The molecule has 8 heteroatoms. The van der Waals surface area contributed by atoms with Gasteiger partial charge in [-0.25, -0.2) is 0 Å². The second-order valence-corrected chi connectivity index (χ2v) is 6.68. The summed E-state index contributed by atoms with van der Waals surface area (Å²) in [6.07, 6.45) is 20.6. The molecule has 0 heterocycles. The predicted molar refractivity (Wildman–Crippen MR) is 72.8 cm³/mol. The van der Waals surface area contributed by atoms with Crippen LogP contribution >= 0.6 is 7.81 Å². The zero-order valence-electron chi connectivity index (χ0n) is 11.6. The average Bonchev–Trinajstić information content (AvgIpc) is 3.03. The van der Waals surface area contributed by atoms with Crippen LogP contribution in [0.2, 0.25) is 0 Å². The number of hydrogen-bond acceptors (Lipinski definition) is 0. The average molecular weight is 432 g/mol. The number of fused-ring (bicyclic) bond motifs is 2. The number of halogens is 6. The van der Waals surface area contributed by atoms with Crippen molar-refractivity contribution >= 4 is 7.81 Å². The van der Waals surface area contributed by atoms with E-state index in [1.165, 1.54) is 6.42 Å². The number of rotatable bonds is 1. The predicted octanol–water partition coefficient (Wildman–Crippen LogP) is 6.45. The fourth-order valence-corrected chi connectivity index (χ4v) is 2.10. The van der Waals surface area contributed by atoms with Crippen molar-refractivity contribution in [3.8, 4) is 0 Å². The van der Waals surface area contributed by atoms with Gasteiger partial charge in [0.15, 0.2) is 0 Å². The topological polar surface area (TPSA) is 0 Å². The maximum atomic E-state index is 9.87. The van der Waals surface area contributed by atoms with Gasteiger partial charge in [-0.15, -0.1) is 0 Å². The van der Waals surface area contributed by atoms with E-state index in [-0.39, 0.29) is 19.5 Å². The molecular weight excluding hydrogens is 416 g/mol. The molecule has 0 saturated heterocycles. The van der Waals surface area contributed by atoms with Crippen molar-refractivity contribution in [2.75, 3.05) is 0 Å². The zero-order valence-corrected chi connectivity index (χ0v) is 14.1. The van der Waals surface area contributed by atoms with Crippen LogP contribution in [0.5, 0.6) is 0 Å². The van der Waals surface area contributed by atoms with Crippen molar-refractivity contribution in [3.63, 3.8) is 0 Å². The van der Waals surface area contributed by atoms with Crippen molar-refractivity contribution in [1.82, 2.24) is 0 Å². The van der Waals surface area contributed by atoms with E-state index in [4.69, 9.17) is 0 Å². The molecule has 0 nitrogen and oxygen atoms in total. The first-order valence-corrected chi connectivity index (χ1v) is 8.30. The van der Waals surface area contributed by atoms with Crippen molar-refractivity contribution in [2.24, 2.45) is 11.8 Å². The first-order chi connectivity index (χ1) is 9.35. The van der Waals surface area contributed by atoms with Crippen LogP contribution in [0.3, 0.4) is 0 Å². The van der Waals surface area contributed by atoms with Gasteiger partial charge in [-0.3, -0.25) is 0 Å². The Bertz CT molecular complexity index is 305. The summed E-state index contributed by atoms with van der Waals surface area (Å²) in [6.45, 7) is 2.13. The largest absolute Gasteiger partial charge is 0.0312 e. The van der Waals surface area contributed by atoms with Crippen LogP contribution in [-0.4, -0.2) is 0 Å². The van der Waals surface area contributed by atoms with Crippen LogP contribution in [0, 0.1) is 75.5 Å². The molecular formula is C14H16F6PRh-. The maximum Gasteiger partial charge on any atom is 0 e. The Morgan fingerprint density at radius 2 is 1.32 bits per heavy atom. The first-order valence-electron chi connectivity index (χ1n) is 6.27. The van der Waals surface area contributed by atoms with Gasteiger partial charge >= 0.3 is 33.0 Å². The van der Waals surface area contributed by atoms with Crippen LogP contribution < -0.4 is 0 Å². The minimum atomic E-state index is -10.7. The quantitative estimate of drug-likeness (QED) is 0.254. The van der Waals surface area contributed by atoms with Gasteiger partial charge in [0, 0.05) is 19.5 Å². The van der Waals surface area contributed by atoms with Gasteiger partial charge in [0.1, 0.15) is 0 Å². The van der Waals surface area contributed by atoms with Crippen LogP contribution in [-0.2, 0) is 19.5 Å². The van der Waals surface area contributed by atoms with Crippen molar-refractivity contribution in [3.05, 3.63) is 63.7 Å². The minimum absolute atomic E-state index is 0. The van der Waals surface area contributed by atoms with E-state index in [1.807, 2.05) is 32.1 Å². The summed E-state index contributed by atoms with van der Waals surface area (Å²) in [5.41, 5.74) is 0. The molecule has 0 aromatic carbocycles. The smallest absolute Gasteiger partial charge is 0 e. The van der Waals surface area contributed by atoms with E-state index in [2.05, 4.69) is 32.6 Å². The molecule has 3 aliphatic rings. The second kappa shape index (κ2) is 7.68. The van der Waals surface area contributed by atoms with E-state index in [0.29, 0.717) is 0 Å². The third kappa shape index (κ3) is 13.1. The summed E-state index contributed by atoms with van der Waals surface area (Å²) in [6, 6.07) is 0. The molecule has 0 aromatic rings. The third-order valence-electron chi connectivity index (χ3n) is 2.84. The van der Waals surface area contributed by atoms with Gasteiger partial charge in [-0.2, -0.15) is 0 Å². The van der Waals surface area contributed by atoms with Crippen LogP contribution in [0.25, 0.3) is 0 Å². The summed E-state index contributed by atoms with van der Waals surface area (Å²) in [7, 11) is -10.7. The standard InChI is InChI=1S/C9H11.C5H5.F6P.Rh/c1-2-8-5-7-3-4-9(8)6-7;1-2-4-5-3-1;1-7(2,3,4,5)6;/h2-5,7,9H,6H2,1H3;1-5H;;/q;;-1;. The summed E-state index contributed by atoms with van der Waals surface area (Å²) in [5, 5.41) is 0. The second-order valence-electron chi connectivity index (χ2n) is 4.77. The summed E-state index contributed by atoms with van der Waals surface area (Å²) >= 11 is 0. The van der Waals surface area contributed by atoms with E-state index < -0.39 is 7.81 Å². The molecule has 0 amide bonds. The fourth-order valence-electron chi connectivity index (χ4n) is 2.10. The Kier molecular flexibility index (Phi) is 7.90. The van der Waals surface area contributed by atoms with Crippen molar-refractivity contribution < 1.29 is 44.7 Å². The molecule has 3 rings (SSSR count). The van der Waals surface area contributed by atoms with Crippen LogP contribution in [0.4, 0.5) is 25.2 Å². The third-order valence-corrected chi connectivity index (χ3v) is 2.84. The Hall–Kier alpha value is 0.633. The van der Waals surface area contributed by atoms with Gasteiger partial charge in [0.05, 0.1) is 0 Å². The fraction of sp³-hybridized carbons (Fsp3) is 0.286. The number of hydrogen-bond donors (Lipinski definition) is 0. The Labute approximate surface area is 141 Å². The molecule has 0 aromatic heterocycles. The summed E-state index contributed by atoms with van der Waals surface area (Å²) < 4.78 is 59.2. The van der Waals surface area contributed by atoms with Crippen molar-refractivity contribution in [1.29, 1.82) is 0 Å². The van der Waals surface area contributed by atoms with E-state index >= 15 is 0 Å². The van der Waals surface area contributed by atoms with Crippen LogP contribution in [0.15, 0.2) is 0 Å². The van der Waals surface area contributed by atoms with Crippen LogP contribution in [0.1, 0.15) is 13.3 Å². The first kappa shape index (κ1) is 22.6. The molecule has 2 unspecified atom stereocenters. The minimum Gasteiger partial charge on any atom is -0.0312 e.